The molecule has 1 aromatic carbocycles. The zero-order valence-electron chi connectivity index (χ0n) is 15.1. The largest absolute Gasteiger partial charge is 0.364 e. The predicted octanol–water partition coefficient (Wildman–Crippen LogP) is 2.49. The molecule has 0 radical (unpaired) electrons. The molecule has 0 bridgehead atoms. The molecule has 1 saturated carbocycles. The van der Waals surface area contributed by atoms with E-state index in [9.17, 15) is 4.79 Å². The van der Waals surface area contributed by atoms with E-state index in [1.54, 1.807) is 12.4 Å². The van der Waals surface area contributed by atoms with Gasteiger partial charge < -0.3 is 20.1 Å². The molecule has 7 heteroatoms. The molecule has 2 N–H and O–H groups in total. The van der Waals surface area contributed by atoms with E-state index in [1.165, 1.54) is 12.8 Å². The molecule has 0 spiro atoms. The first kappa shape index (κ1) is 16.1. The number of benzene rings is 1. The second kappa shape index (κ2) is 6.57. The number of anilines is 2. The van der Waals surface area contributed by atoms with Crippen molar-refractivity contribution in [3.63, 3.8) is 0 Å². The summed E-state index contributed by atoms with van der Waals surface area (Å²) in [7, 11) is 0. The van der Waals surface area contributed by atoms with Crippen LogP contribution in [0, 0.1) is 0 Å². The highest BCUT2D eigenvalue weighted by Gasteiger charge is 2.28. The number of H-pyrrole nitrogens is 1. The van der Waals surface area contributed by atoms with Crippen molar-refractivity contribution in [1.82, 2.24) is 19.9 Å². The molecular weight excluding hydrogens is 340 g/mol. The molecule has 1 saturated heterocycles. The van der Waals surface area contributed by atoms with Gasteiger partial charge >= 0.3 is 0 Å². The van der Waals surface area contributed by atoms with E-state index < -0.39 is 0 Å². The normalized spacial score (nSPS) is 17.3. The first-order chi connectivity index (χ1) is 13.3. The molecule has 0 unspecified atom stereocenters. The lowest BCUT2D eigenvalue weighted by molar-refractivity contribution is 0.0748. The Bertz CT molecular complexity index is 971. The quantitative estimate of drug-likeness (QED) is 0.746. The summed E-state index contributed by atoms with van der Waals surface area (Å²) < 4.78 is 0. The number of fused-ring (bicyclic) bond motifs is 1. The summed E-state index contributed by atoms with van der Waals surface area (Å²) in [6, 6.07) is 8.45. The molecule has 138 valence electrons. The third-order valence-corrected chi connectivity index (χ3v) is 5.28. The molecule has 1 aliphatic heterocycles. The van der Waals surface area contributed by atoms with Crippen LogP contribution in [0.1, 0.15) is 23.2 Å². The fourth-order valence-electron chi connectivity index (χ4n) is 3.63. The van der Waals surface area contributed by atoms with Gasteiger partial charge in [-0.15, -0.1) is 0 Å². The lowest BCUT2D eigenvalue weighted by atomic mass is 10.1. The van der Waals surface area contributed by atoms with Gasteiger partial charge in [0.2, 0.25) is 0 Å². The zero-order valence-corrected chi connectivity index (χ0v) is 15.1. The van der Waals surface area contributed by atoms with E-state index in [0.29, 0.717) is 19.1 Å². The van der Waals surface area contributed by atoms with Crippen molar-refractivity contribution >= 4 is 28.4 Å². The van der Waals surface area contributed by atoms with Crippen LogP contribution < -0.4 is 10.2 Å². The molecule has 2 fully saturated rings. The van der Waals surface area contributed by atoms with Crippen molar-refractivity contribution in [2.24, 2.45) is 0 Å². The fraction of sp³-hybridized carbons (Fsp3) is 0.350. The van der Waals surface area contributed by atoms with Crippen LogP contribution in [0.2, 0.25) is 0 Å². The maximum absolute atomic E-state index is 13.0. The number of aromatic nitrogens is 3. The number of nitrogens with one attached hydrogen (secondary N) is 2. The van der Waals surface area contributed by atoms with Gasteiger partial charge in [-0.3, -0.25) is 4.79 Å². The summed E-state index contributed by atoms with van der Waals surface area (Å²) in [5.74, 6) is 1.84. The molecule has 3 heterocycles. The maximum Gasteiger partial charge on any atom is 0.256 e. The van der Waals surface area contributed by atoms with E-state index in [2.05, 4.69) is 25.2 Å². The van der Waals surface area contributed by atoms with Gasteiger partial charge in [0.05, 0.1) is 5.56 Å². The monoisotopic (exact) mass is 362 g/mol. The molecule has 5 rings (SSSR count). The lowest BCUT2D eigenvalue weighted by Crippen LogP contribution is -2.49. The van der Waals surface area contributed by atoms with Gasteiger partial charge in [0.1, 0.15) is 0 Å². The van der Waals surface area contributed by atoms with E-state index in [0.717, 1.165) is 41.2 Å². The van der Waals surface area contributed by atoms with E-state index in [4.69, 9.17) is 0 Å². The molecule has 7 nitrogen and oxygen atoms in total. The van der Waals surface area contributed by atoms with Gasteiger partial charge in [-0.25, -0.2) is 9.97 Å². The van der Waals surface area contributed by atoms with Gasteiger partial charge in [-0.2, -0.15) is 0 Å². The van der Waals surface area contributed by atoms with Crippen LogP contribution in [0.5, 0.6) is 0 Å². The SMILES string of the molecule is O=C(c1c[nH]c2ccccc12)N1CCN(c2nccnc2NC2CC2)CC1. The van der Waals surface area contributed by atoms with Crippen molar-refractivity contribution in [2.45, 2.75) is 18.9 Å². The highest BCUT2D eigenvalue weighted by Crippen LogP contribution is 2.29. The number of piperazine rings is 1. The van der Waals surface area contributed by atoms with Crippen LogP contribution in [0.4, 0.5) is 11.6 Å². The Kier molecular flexibility index (Phi) is 3.92. The fourth-order valence-corrected chi connectivity index (χ4v) is 3.63. The maximum atomic E-state index is 13.0. The number of para-hydroxylation sites is 1. The molecule has 3 aromatic rings. The van der Waals surface area contributed by atoms with Gasteiger partial charge in [-0.05, 0) is 18.9 Å². The van der Waals surface area contributed by atoms with Crippen LogP contribution >= 0.6 is 0 Å². The minimum Gasteiger partial charge on any atom is -0.364 e. The van der Waals surface area contributed by atoms with E-state index in [1.807, 2.05) is 35.4 Å². The van der Waals surface area contributed by atoms with Crippen LogP contribution in [0.15, 0.2) is 42.9 Å². The van der Waals surface area contributed by atoms with Crippen LogP contribution in [0.3, 0.4) is 0 Å². The Morgan fingerprint density at radius 2 is 1.85 bits per heavy atom. The van der Waals surface area contributed by atoms with Gasteiger partial charge in [0, 0.05) is 61.7 Å². The number of carbonyl (C=O) groups is 1. The molecule has 1 amide bonds. The third-order valence-electron chi connectivity index (χ3n) is 5.28. The summed E-state index contributed by atoms with van der Waals surface area (Å²) in [6.45, 7) is 2.87. The molecule has 2 aromatic heterocycles. The number of aromatic amines is 1. The second-order valence-electron chi connectivity index (χ2n) is 7.17. The molecule has 27 heavy (non-hydrogen) atoms. The third kappa shape index (κ3) is 3.09. The summed E-state index contributed by atoms with van der Waals surface area (Å²) in [5.41, 5.74) is 1.74. The minimum absolute atomic E-state index is 0.0857. The standard InChI is InChI=1S/C20H22N6O/c27-20(16-13-23-17-4-2-1-3-15(16)17)26-11-9-25(10-12-26)19-18(21-7-8-22-19)24-14-5-6-14/h1-4,7-8,13-14,23H,5-6,9-12H2,(H,21,24). The first-order valence-electron chi connectivity index (χ1n) is 9.47. The Morgan fingerprint density at radius 1 is 1.07 bits per heavy atom. The van der Waals surface area contributed by atoms with Gasteiger partial charge in [-0.1, -0.05) is 18.2 Å². The lowest BCUT2D eigenvalue weighted by Gasteiger charge is -2.35. The van der Waals surface area contributed by atoms with Crippen molar-refractivity contribution in [2.75, 3.05) is 36.4 Å². The Balaban J connectivity index is 1.30. The molecular formula is C20H22N6O. The zero-order chi connectivity index (χ0) is 18.2. The number of carbonyl (C=O) groups excluding carboxylic acids is 1. The smallest absolute Gasteiger partial charge is 0.256 e. The van der Waals surface area contributed by atoms with Crippen molar-refractivity contribution < 1.29 is 4.79 Å². The summed E-state index contributed by atoms with van der Waals surface area (Å²) in [4.78, 5) is 29.3. The average molecular weight is 362 g/mol. The predicted molar refractivity (Wildman–Crippen MR) is 105 cm³/mol. The average Bonchev–Trinajstić information content (AvgIpc) is 3.43. The van der Waals surface area contributed by atoms with Gasteiger partial charge in [0.25, 0.3) is 5.91 Å². The first-order valence-corrected chi connectivity index (χ1v) is 9.47. The summed E-state index contributed by atoms with van der Waals surface area (Å²) >= 11 is 0. The van der Waals surface area contributed by atoms with Crippen LogP contribution in [-0.4, -0.2) is 58.0 Å². The second-order valence-corrected chi connectivity index (χ2v) is 7.17. The van der Waals surface area contributed by atoms with E-state index >= 15 is 0 Å². The Hall–Kier alpha value is -3.09. The number of nitrogens with zero attached hydrogens (tertiary/aromatic N) is 4. The number of amides is 1. The van der Waals surface area contributed by atoms with Crippen molar-refractivity contribution in [3.05, 3.63) is 48.4 Å². The Morgan fingerprint density at radius 3 is 2.67 bits per heavy atom. The van der Waals surface area contributed by atoms with Gasteiger partial charge in [0.15, 0.2) is 11.6 Å². The highest BCUT2D eigenvalue weighted by molar-refractivity contribution is 6.06. The summed E-state index contributed by atoms with van der Waals surface area (Å²) in [5, 5.41) is 4.44. The molecule has 1 aliphatic carbocycles. The van der Waals surface area contributed by atoms with Crippen LogP contribution in [0.25, 0.3) is 10.9 Å². The van der Waals surface area contributed by atoms with Crippen molar-refractivity contribution in [1.29, 1.82) is 0 Å². The number of hydrogen-bond acceptors (Lipinski definition) is 5. The number of rotatable bonds is 4. The highest BCUT2D eigenvalue weighted by atomic mass is 16.2. The molecule has 2 aliphatic rings. The minimum atomic E-state index is 0.0857. The Labute approximate surface area is 157 Å². The number of hydrogen-bond donors (Lipinski definition) is 2. The van der Waals surface area contributed by atoms with E-state index in [-0.39, 0.29) is 5.91 Å². The van der Waals surface area contributed by atoms with Crippen molar-refractivity contribution in [3.8, 4) is 0 Å². The molecule has 0 atom stereocenters. The van der Waals surface area contributed by atoms with Crippen LogP contribution in [-0.2, 0) is 0 Å². The summed E-state index contributed by atoms with van der Waals surface area (Å²) in [6.07, 6.45) is 7.67. The topological polar surface area (TPSA) is 77.2 Å².